The van der Waals surface area contributed by atoms with Gasteiger partial charge in [-0.25, -0.2) is 9.97 Å². The number of hydrogen-bond donors (Lipinski definition) is 1. The van der Waals surface area contributed by atoms with Crippen molar-refractivity contribution in [1.29, 1.82) is 0 Å². The predicted molar refractivity (Wildman–Crippen MR) is 91.0 cm³/mol. The van der Waals surface area contributed by atoms with Gasteiger partial charge < -0.3 is 5.32 Å². The highest BCUT2D eigenvalue weighted by molar-refractivity contribution is 7.98. The fourth-order valence-electron chi connectivity index (χ4n) is 2.36. The van der Waals surface area contributed by atoms with Crippen molar-refractivity contribution in [3.63, 3.8) is 0 Å². The van der Waals surface area contributed by atoms with Crippen LogP contribution in [0.15, 0.2) is 35.2 Å². The Morgan fingerprint density at radius 3 is 2.48 bits per heavy atom. The highest BCUT2D eigenvalue weighted by Gasteiger charge is 2.14. The molecule has 4 heteroatoms. The number of anilines is 1. The van der Waals surface area contributed by atoms with Crippen molar-refractivity contribution in [1.82, 2.24) is 9.97 Å². The maximum absolute atomic E-state index is 4.72. The summed E-state index contributed by atoms with van der Waals surface area (Å²) >= 11 is 1.77. The van der Waals surface area contributed by atoms with Crippen molar-refractivity contribution < 1.29 is 0 Å². The van der Waals surface area contributed by atoms with Gasteiger partial charge in [0, 0.05) is 22.7 Å². The molecule has 0 bridgehead atoms. The normalized spacial score (nSPS) is 10.9. The van der Waals surface area contributed by atoms with Gasteiger partial charge in [0.2, 0.25) is 0 Å². The molecule has 0 radical (unpaired) electrons. The Bertz CT molecular complexity index is 582. The summed E-state index contributed by atoms with van der Waals surface area (Å²) < 4.78 is 0. The molecule has 0 spiro atoms. The Hall–Kier alpha value is -1.55. The Labute approximate surface area is 131 Å². The summed E-state index contributed by atoms with van der Waals surface area (Å²) in [5.74, 6) is 3.10. The third kappa shape index (κ3) is 4.21. The van der Waals surface area contributed by atoms with E-state index in [9.17, 15) is 0 Å². The van der Waals surface area contributed by atoms with Gasteiger partial charge in [0.15, 0.2) is 0 Å². The molecule has 0 aliphatic rings. The lowest BCUT2D eigenvalue weighted by Gasteiger charge is -2.16. The first kappa shape index (κ1) is 15.8. The van der Waals surface area contributed by atoms with Crippen LogP contribution in [0, 0.1) is 6.92 Å². The summed E-state index contributed by atoms with van der Waals surface area (Å²) in [7, 11) is 0. The fraction of sp³-hybridized carbons (Fsp3) is 0.412. The van der Waals surface area contributed by atoms with Gasteiger partial charge in [0.25, 0.3) is 0 Å². The van der Waals surface area contributed by atoms with E-state index in [1.165, 1.54) is 10.5 Å². The molecule has 0 aliphatic carbocycles. The molecule has 21 heavy (non-hydrogen) atoms. The van der Waals surface area contributed by atoms with E-state index >= 15 is 0 Å². The number of nitrogens with one attached hydrogen (secondary N) is 1. The van der Waals surface area contributed by atoms with Crippen molar-refractivity contribution in [2.75, 3.05) is 11.9 Å². The summed E-state index contributed by atoms with van der Waals surface area (Å²) in [5, 5.41) is 3.38. The summed E-state index contributed by atoms with van der Waals surface area (Å²) in [6, 6.07) is 10.4. The highest BCUT2D eigenvalue weighted by Crippen LogP contribution is 2.27. The minimum Gasteiger partial charge on any atom is -0.370 e. The largest absolute Gasteiger partial charge is 0.370 e. The van der Waals surface area contributed by atoms with Crippen LogP contribution in [0.5, 0.6) is 0 Å². The minimum absolute atomic E-state index is 0.426. The molecule has 112 valence electrons. The highest BCUT2D eigenvalue weighted by atomic mass is 32.2. The molecule has 2 aromatic rings. The van der Waals surface area contributed by atoms with E-state index in [0.29, 0.717) is 5.92 Å². The van der Waals surface area contributed by atoms with E-state index in [1.807, 2.05) is 6.07 Å². The number of rotatable bonds is 6. The lowest BCUT2D eigenvalue weighted by molar-refractivity contribution is 0.818. The van der Waals surface area contributed by atoms with Crippen LogP contribution in [0.1, 0.15) is 43.8 Å². The third-order valence-corrected chi connectivity index (χ3v) is 4.22. The summed E-state index contributed by atoms with van der Waals surface area (Å²) in [6.07, 6.45) is 0. The van der Waals surface area contributed by atoms with E-state index < -0.39 is 0 Å². The van der Waals surface area contributed by atoms with Crippen LogP contribution in [-0.2, 0) is 5.75 Å². The monoisotopic (exact) mass is 301 g/mol. The summed E-state index contributed by atoms with van der Waals surface area (Å²) in [5.41, 5.74) is 2.31. The third-order valence-electron chi connectivity index (χ3n) is 3.22. The van der Waals surface area contributed by atoms with E-state index in [2.05, 4.69) is 62.3 Å². The second-order valence-corrected chi connectivity index (χ2v) is 6.32. The number of aryl methyl sites for hydroxylation is 1. The van der Waals surface area contributed by atoms with Crippen molar-refractivity contribution >= 4 is 17.6 Å². The zero-order valence-electron chi connectivity index (χ0n) is 13.2. The smallest absolute Gasteiger partial charge is 0.141 e. The molecule has 0 fully saturated rings. The predicted octanol–water partition coefficient (Wildman–Crippen LogP) is 4.63. The molecule has 1 aromatic carbocycles. The van der Waals surface area contributed by atoms with Gasteiger partial charge in [-0.05, 0) is 31.9 Å². The second kappa shape index (κ2) is 7.46. The zero-order valence-corrected chi connectivity index (χ0v) is 14.0. The maximum Gasteiger partial charge on any atom is 0.141 e. The summed E-state index contributed by atoms with van der Waals surface area (Å²) in [4.78, 5) is 10.6. The van der Waals surface area contributed by atoms with Crippen LogP contribution in [0.4, 0.5) is 5.82 Å². The van der Waals surface area contributed by atoms with E-state index in [0.717, 1.165) is 29.6 Å². The van der Waals surface area contributed by atoms with Gasteiger partial charge in [-0.1, -0.05) is 32.0 Å². The van der Waals surface area contributed by atoms with Crippen LogP contribution in [0.2, 0.25) is 0 Å². The average molecular weight is 301 g/mol. The van der Waals surface area contributed by atoms with Gasteiger partial charge in [-0.15, -0.1) is 11.8 Å². The SMILES string of the molecule is CCNc1nc(CSc2ccccc2)nc(C)c1C(C)C. The molecule has 0 saturated carbocycles. The zero-order chi connectivity index (χ0) is 15.2. The first-order valence-corrected chi connectivity index (χ1v) is 8.39. The van der Waals surface area contributed by atoms with E-state index in [-0.39, 0.29) is 0 Å². The lowest BCUT2D eigenvalue weighted by atomic mass is 10.0. The Kier molecular flexibility index (Phi) is 5.62. The van der Waals surface area contributed by atoms with Gasteiger partial charge in [-0.3, -0.25) is 0 Å². The first-order chi connectivity index (χ1) is 10.1. The van der Waals surface area contributed by atoms with Gasteiger partial charge in [0.1, 0.15) is 11.6 Å². The standard InChI is InChI=1S/C17H23N3S/c1-5-18-17-16(12(2)3)13(4)19-15(20-17)11-21-14-9-7-6-8-10-14/h6-10,12H,5,11H2,1-4H3,(H,18,19,20). The van der Waals surface area contributed by atoms with Gasteiger partial charge >= 0.3 is 0 Å². The van der Waals surface area contributed by atoms with Crippen LogP contribution >= 0.6 is 11.8 Å². The average Bonchev–Trinajstić information content (AvgIpc) is 2.46. The summed E-state index contributed by atoms with van der Waals surface area (Å²) in [6.45, 7) is 9.42. The van der Waals surface area contributed by atoms with E-state index in [1.54, 1.807) is 11.8 Å². The molecule has 1 aromatic heterocycles. The minimum atomic E-state index is 0.426. The van der Waals surface area contributed by atoms with Crippen molar-refractivity contribution in [2.24, 2.45) is 0 Å². The molecular formula is C17H23N3S. The van der Waals surface area contributed by atoms with Crippen molar-refractivity contribution in [3.05, 3.63) is 47.4 Å². The molecule has 0 aliphatic heterocycles. The lowest BCUT2D eigenvalue weighted by Crippen LogP contribution is -2.10. The Morgan fingerprint density at radius 2 is 1.86 bits per heavy atom. The molecule has 0 saturated heterocycles. The quantitative estimate of drug-likeness (QED) is 0.789. The van der Waals surface area contributed by atoms with Crippen LogP contribution in [-0.4, -0.2) is 16.5 Å². The molecule has 1 heterocycles. The number of benzene rings is 1. The molecule has 1 N–H and O–H groups in total. The van der Waals surface area contributed by atoms with Crippen molar-refractivity contribution in [2.45, 2.75) is 44.3 Å². The Morgan fingerprint density at radius 1 is 1.14 bits per heavy atom. The first-order valence-electron chi connectivity index (χ1n) is 7.41. The maximum atomic E-state index is 4.72. The van der Waals surface area contributed by atoms with Gasteiger partial charge in [-0.2, -0.15) is 0 Å². The molecule has 3 nitrogen and oxygen atoms in total. The number of aromatic nitrogens is 2. The van der Waals surface area contributed by atoms with Crippen molar-refractivity contribution in [3.8, 4) is 0 Å². The molecule has 2 rings (SSSR count). The van der Waals surface area contributed by atoms with Crippen LogP contribution < -0.4 is 5.32 Å². The topological polar surface area (TPSA) is 37.8 Å². The number of nitrogens with zero attached hydrogens (tertiary/aromatic N) is 2. The fourth-order valence-corrected chi connectivity index (χ4v) is 3.14. The number of thioether (sulfide) groups is 1. The van der Waals surface area contributed by atoms with Crippen LogP contribution in [0.25, 0.3) is 0 Å². The molecule has 0 amide bonds. The Balaban J connectivity index is 2.20. The molecule has 0 atom stereocenters. The molecular weight excluding hydrogens is 278 g/mol. The van der Waals surface area contributed by atoms with E-state index in [4.69, 9.17) is 4.98 Å². The van der Waals surface area contributed by atoms with Gasteiger partial charge in [0.05, 0.1) is 5.75 Å². The second-order valence-electron chi connectivity index (χ2n) is 5.27. The molecule has 0 unspecified atom stereocenters. The number of hydrogen-bond acceptors (Lipinski definition) is 4. The van der Waals surface area contributed by atoms with Crippen LogP contribution in [0.3, 0.4) is 0 Å².